The van der Waals surface area contributed by atoms with Crippen molar-refractivity contribution >= 4 is 17.6 Å². The topological polar surface area (TPSA) is 78.4 Å². The number of carbonyl (C=O) groups is 1. The summed E-state index contributed by atoms with van der Waals surface area (Å²) in [5.74, 6) is -0.228. The average Bonchev–Trinajstić information content (AvgIpc) is 2.56. The van der Waals surface area contributed by atoms with E-state index < -0.39 is 5.97 Å². The highest BCUT2D eigenvalue weighted by molar-refractivity contribution is 5.88. The molecule has 0 bridgehead atoms. The van der Waals surface area contributed by atoms with Crippen molar-refractivity contribution in [3.8, 4) is 0 Å². The molecule has 1 aromatic carbocycles. The first kappa shape index (κ1) is 14.3. The summed E-state index contributed by atoms with van der Waals surface area (Å²) in [5.41, 5.74) is 1.30. The molecule has 1 aromatic heterocycles. The van der Waals surface area contributed by atoms with Crippen molar-refractivity contribution in [2.45, 2.75) is 18.9 Å². The lowest BCUT2D eigenvalue weighted by molar-refractivity contribution is 0.0697. The fourth-order valence-electron chi connectivity index (χ4n) is 2.67. The molecule has 0 atom stereocenters. The fraction of sp³-hybridized carbons (Fsp3) is 0.312. The number of nitrogens with zero attached hydrogens (tertiary/aromatic N) is 3. The number of rotatable bonds is 4. The van der Waals surface area contributed by atoms with Gasteiger partial charge >= 0.3 is 5.97 Å². The minimum Gasteiger partial charge on any atom is -0.478 e. The van der Waals surface area contributed by atoms with E-state index in [-0.39, 0.29) is 0 Å². The summed E-state index contributed by atoms with van der Waals surface area (Å²) in [5, 5.41) is 12.4. The number of benzene rings is 1. The number of anilines is 2. The molecule has 1 aliphatic heterocycles. The molecule has 0 aliphatic carbocycles. The Morgan fingerprint density at radius 2 is 1.91 bits per heavy atom. The van der Waals surface area contributed by atoms with Crippen LogP contribution in [0.4, 0.5) is 11.6 Å². The molecule has 1 saturated heterocycles. The Hall–Kier alpha value is -2.63. The first-order valence-electron chi connectivity index (χ1n) is 7.34. The number of hydrogen-bond acceptors (Lipinski definition) is 5. The van der Waals surface area contributed by atoms with Crippen LogP contribution in [0.5, 0.6) is 0 Å². The van der Waals surface area contributed by atoms with Gasteiger partial charge in [-0.3, -0.25) is 0 Å². The summed E-state index contributed by atoms with van der Waals surface area (Å²) in [6.07, 6.45) is 5.38. The van der Waals surface area contributed by atoms with Gasteiger partial charge in [-0.1, -0.05) is 6.07 Å². The van der Waals surface area contributed by atoms with Gasteiger partial charge in [0.25, 0.3) is 0 Å². The Balaban J connectivity index is 1.60. The van der Waals surface area contributed by atoms with Gasteiger partial charge in [-0.25, -0.2) is 14.8 Å². The van der Waals surface area contributed by atoms with Gasteiger partial charge in [0, 0.05) is 37.2 Å². The maximum Gasteiger partial charge on any atom is 0.335 e. The summed E-state index contributed by atoms with van der Waals surface area (Å²) in [6.45, 7) is 1.77. The van der Waals surface area contributed by atoms with Crippen LogP contribution in [-0.4, -0.2) is 40.2 Å². The second kappa shape index (κ2) is 6.43. The summed E-state index contributed by atoms with van der Waals surface area (Å²) < 4.78 is 0. The lowest BCUT2D eigenvalue weighted by atomic mass is 10.0. The number of aromatic carboxylic acids is 1. The van der Waals surface area contributed by atoms with E-state index >= 15 is 0 Å². The summed E-state index contributed by atoms with van der Waals surface area (Å²) in [7, 11) is 0. The number of carboxylic acid groups (broad SMARTS) is 1. The second-order valence-electron chi connectivity index (χ2n) is 5.33. The van der Waals surface area contributed by atoms with Gasteiger partial charge in [0.15, 0.2) is 0 Å². The summed E-state index contributed by atoms with van der Waals surface area (Å²) in [6, 6.07) is 9.25. The standard InChI is InChI=1S/C16H18N4O2/c21-15(22)12-3-1-4-14(11-12)20-9-5-13(6-10-20)19-16-17-7-2-8-18-16/h1-4,7-8,11,13H,5-6,9-10H2,(H,21,22)(H,17,18,19). The molecule has 6 heteroatoms. The number of carboxylic acids is 1. The fourth-order valence-corrected chi connectivity index (χ4v) is 2.67. The van der Waals surface area contributed by atoms with E-state index in [2.05, 4.69) is 20.2 Å². The Bertz CT molecular complexity index is 640. The number of hydrogen-bond donors (Lipinski definition) is 2. The van der Waals surface area contributed by atoms with E-state index in [0.717, 1.165) is 31.6 Å². The van der Waals surface area contributed by atoms with Crippen molar-refractivity contribution in [2.24, 2.45) is 0 Å². The SMILES string of the molecule is O=C(O)c1cccc(N2CCC(Nc3ncccn3)CC2)c1. The van der Waals surface area contributed by atoms with Gasteiger partial charge in [-0.2, -0.15) is 0 Å². The Kier molecular flexibility index (Phi) is 4.18. The number of piperidine rings is 1. The van der Waals surface area contributed by atoms with E-state index in [9.17, 15) is 4.79 Å². The largest absolute Gasteiger partial charge is 0.478 e. The van der Waals surface area contributed by atoms with Gasteiger partial charge in [-0.15, -0.1) is 0 Å². The Morgan fingerprint density at radius 1 is 1.18 bits per heavy atom. The highest BCUT2D eigenvalue weighted by Gasteiger charge is 2.20. The molecule has 2 aromatic rings. The molecule has 0 spiro atoms. The number of nitrogens with one attached hydrogen (secondary N) is 1. The predicted molar refractivity (Wildman–Crippen MR) is 84.3 cm³/mol. The van der Waals surface area contributed by atoms with Gasteiger partial charge in [-0.05, 0) is 37.1 Å². The van der Waals surface area contributed by atoms with Gasteiger partial charge in [0.05, 0.1) is 5.56 Å². The van der Waals surface area contributed by atoms with Crippen LogP contribution >= 0.6 is 0 Å². The van der Waals surface area contributed by atoms with E-state index in [4.69, 9.17) is 5.11 Å². The van der Waals surface area contributed by atoms with E-state index in [1.165, 1.54) is 0 Å². The second-order valence-corrected chi connectivity index (χ2v) is 5.33. The van der Waals surface area contributed by atoms with Crippen molar-refractivity contribution in [1.29, 1.82) is 0 Å². The zero-order chi connectivity index (χ0) is 15.4. The Labute approximate surface area is 128 Å². The lowest BCUT2D eigenvalue weighted by Gasteiger charge is -2.34. The van der Waals surface area contributed by atoms with Crippen LogP contribution in [0.3, 0.4) is 0 Å². The summed E-state index contributed by atoms with van der Waals surface area (Å²) >= 11 is 0. The molecule has 2 heterocycles. The van der Waals surface area contributed by atoms with Crippen molar-refractivity contribution in [1.82, 2.24) is 9.97 Å². The van der Waals surface area contributed by atoms with Crippen LogP contribution in [0.25, 0.3) is 0 Å². The van der Waals surface area contributed by atoms with Crippen molar-refractivity contribution < 1.29 is 9.90 Å². The van der Waals surface area contributed by atoms with Crippen molar-refractivity contribution in [3.63, 3.8) is 0 Å². The van der Waals surface area contributed by atoms with Crippen LogP contribution in [0.15, 0.2) is 42.7 Å². The molecule has 0 saturated carbocycles. The van der Waals surface area contributed by atoms with Crippen LogP contribution in [0.2, 0.25) is 0 Å². The molecule has 2 N–H and O–H groups in total. The lowest BCUT2D eigenvalue weighted by Crippen LogP contribution is -2.39. The molecule has 3 rings (SSSR count). The summed E-state index contributed by atoms with van der Waals surface area (Å²) in [4.78, 5) is 21.6. The average molecular weight is 298 g/mol. The Morgan fingerprint density at radius 3 is 2.59 bits per heavy atom. The van der Waals surface area contributed by atoms with E-state index in [0.29, 0.717) is 17.6 Å². The third-order valence-electron chi connectivity index (χ3n) is 3.85. The molecule has 114 valence electrons. The maximum absolute atomic E-state index is 11.0. The van der Waals surface area contributed by atoms with Crippen LogP contribution < -0.4 is 10.2 Å². The molecule has 0 amide bonds. The predicted octanol–water partition coefficient (Wildman–Crippen LogP) is 2.26. The molecule has 1 fully saturated rings. The van der Waals surface area contributed by atoms with Crippen molar-refractivity contribution in [3.05, 3.63) is 48.3 Å². The molecular formula is C16H18N4O2. The molecule has 6 nitrogen and oxygen atoms in total. The highest BCUT2D eigenvalue weighted by Crippen LogP contribution is 2.22. The maximum atomic E-state index is 11.0. The van der Waals surface area contributed by atoms with Crippen LogP contribution in [0, 0.1) is 0 Å². The molecule has 0 unspecified atom stereocenters. The number of aromatic nitrogens is 2. The van der Waals surface area contributed by atoms with E-state index in [1.807, 2.05) is 6.07 Å². The van der Waals surface area contributed by atoms with Crippen molar-refractivity contribution in [2.75, 3.05) is 23.3 Å². The highest BCUT2D eigenvalue weighted by atomic mass is 16.4. The first-order valence-corrected chi connectivity index (χ1v) is 7.34. The third-order valence-corrected chi connectivity index (χ3v) is 3.85. The van der Waals surface area contributed by atoms with Gasteiger partial charge < -0.3 is 15.3 Å². The zero-order valence-corrected chi connectivity index (χ0v) is 12.1. The first-order chi connectivity index (χ1) is 10.7. The molecule has 0 radical (unpaired) electrons. The molecular weight excluding hydrogens is 280 g/mol. The zero-order valence-electron chi connectivity index (χ0n) is 12.1. The van der Waals surface area contributed by atoms with Gasteiger partial charge in [0.1, 0.15) is 0 Å². The quantitative estimate of drug-likeness (QED) is 0.901. The normalized spacial score (nSPS) is 15.5. The van der Waals surface area contributed by atoms with Gasteiger partial charge in [0.2, 0.25) is 5.95 Å². The smallest absolute Gasteiger partial charge is 0.335 e. The molecule has 22 heavy (non-hydrogen) atoms. The monoisotopic (exact) mass is 298 g/mol. The minimum absolute atomic E-state index is 0.329. The molecule has 1 aliphatic rings. The third kappa shape index (κ3) is 3.33. The van der Waals surface area contributed by atoms with Crippen LogP contribution in [0.1, 0.15) is 23.2 Å². The minimum atomic E-state index is -0.889. The van der Waals surface area contributed by atoms with Crippen LogP contribution in [-0.2, 0) is 0 Å². The van der Waals surface area contributed by atoms with E-state index in [1.54, 1.807) is 36.7 Å².